The number of carbonyl (C=O) groups is 1. The zero-order chi connectivity index (χ0) is 10.9. The lowest BCUT2D eigenvalue weighted by Gasteiger charge is -2.12. The quantitative estimate of drug-likeness (QED) is 0.702. The summed E-state index contributed by atoms with van der Waals surface area (Å²) in [5, 5.41) is 9.12. The van der Waals surface area contributed by atoms with Crippen LogP contribution < -0.4 is 11.1 Å². The second-order valence-electron chi connectivity index (χ2n) is 3.77. The van der Waals surface area contributed by atoms with E-state index in [2.05, 4.69) is 21.8 Å². The van der Waals surface area contributed by atoms with Crippen molar-refractivity contribution in [3.63, 3.8) is 0 Å². The van der Waals surface area contributed by atoms with Crippen LogP contribution in [0.4, 0.5) is 5.82 Å². The van der Waals surface area contributed by atoms with Gasteiger partial charge in [-0.25, -0.2) is 0 Å². The van der Waals surface area contributed by atoms with Gasteiger partial charge in [-0.1, -0.05) is 0 Å². The lowest BCUT2D eigenvalue weighted by molar-refractivity contribution is 0.0954. The van der Waals surface area contributed by atoms with Gasteiger partial charge in [0.05, 0.1) is 6.20 Å². The van der Waals surface area contributed by atoms with Gasteiger partial charge in [0.1, 0.15) is 11.4 Å². The molecule has 0 aromatic carbocycles. The molecule has 1 amide bonds. The molecule has 0 atom stereocenters. The molecule has 0 saturated heterocycles. The Morgan fingerprint density at radius 1 is 1.80 bits per heavy atom. The Bertz CT molecular complexity index is 372. The summed E-state index contributed by atoms with van der Waals surface area (Å²) in [6.07, 6.45) is 5.87. The summed E-state index contributed by atoms with van der Waals surface area (Å²) in [6.45, 7) is 0.706. The molecule has 0 spiro atoms. The van der Waals surface area contributed by atoms with E-state index in [1.165, 1.54) is 19.0 Å². The third-order valence-electron chi connectivity index (χ3n) is 2.73. The first kappa shape index (κ1) is 10.4. The first-order valence-corrected chi connectivity index (χ1v) is 6.01. The monoisotopic (exact) mass is 226 g/mol. The number of amides is 1. The minimum absolute atomic E-state index is 0.151. The molecule has 1 fully saturated rings. The Hall–Kier alpha value is -1.17. The Morgan fingerprint density at radius 2 is 2.53 bits per heavy atom. The number of rotatable bonds is 4. The van der Waals surface area contributed by atoms with Crippen molar-refractivity contribution < 1.29 is 4.79 Å². The fourth-order valence-electron chi connectivity index (χ4n) is 1.41. The highest BCUT2D eigenvalue weighted by molar-refractivity contribution is 8.00. The van der Waals surface area contributed by atoms with Gasteiger partial charge in [0.15, 0.2) is 0 Å². The summed E-state index contributed by atoms with van der Waals surface area (Å²) < 4.78 is 0.272. The van der Waals surface area contributed by atoms with Gasteiger partial charge in [-0.15, -0.1) is 0 Å². The zero-order valence-electron chi connectivity index (χ0n) is 8.54. The van der Waals surface area contributed by atoms with Crippen LogP contribution in [0.2, 0.25) is 0 Å². The van der Waals surface area contributed by atoms with Crippen LogP contribution in [0.5, 0.6) is 0 Å². The van der Waals surface area contributed by atoms with Gasteiger partial charge in [-0.2, -0.15) is 16.9 Å². The van der Waals surface area contributed by atoms with E-state index in [1.54, 1.807) is 0 Å². The number of thioether (sulfide) groups is 1. The van der Waals surface area contributed by atoms with Crippen molar-refractivity contribution in [2.75, 3.05) is 18.5 Å². The van der Waals surface area contributed by atoms with Crippen molar-refractivity contribution in [2.45, 2.75) is 17.6 Å². The molecular weight excluding hydrogens is 212 g/mol. The fraction of sp³-hybridized carbons (Fsp3) is 0.556. The normalized spacial score (nSPS) is 17.4. The number of hydrogen-bond donors (Lipinski definition) is 3. The van der Waals surface area contributed by atoms with Crippen LogP contribution in [0.25, 0.3) is 0 Å². The average Bonchev–Trinajstić information content (AvgIpc) is 2.91. The Balaban J connectivity index is 1.91. The van der Waals surface area contributed by atoms with Gasteiger partial charge in [0.25, 0.3) is 5.91 Å². The summed E-state index contributed by atoms with van der Waals surface area (Å²) in [6, 6.07) is 0. The molecule has 2 rings (SSSR count). The van der Waals surface area contributed by atoms with Gasteiger partial charge in [0.2, 0.25) is 0 Å². The minimum atomic E-state index is -0.151. The van der Waals surface area contributed by atoms with Gasteiger partial charge in [-0.3, -0.25) is 9.89 Å². The summed E-state index contributed by atoms with van der Waals surface area (Å²) in [5.41, 5.74) is 5.97. The fourth-order valence-corrected chi connectivity index (χ4v) is 2.13. The second kappa shape index (κ2) is 3.77. The highest BCUT2D eigenvalue weighted by Gasteiger charge is 2.42. The van der Waals surface area contributed by atoms with E-state index in [0.29, 0.717) is 17.9 Å². The zero-order valence-corrected chi connectivity index (χ0v) is 9.36. The number of H-pyrrole nitrogens is 1. The molecule has 0 unspecified atom stereocenters. The van der Waals surface area contributed by atoms with Crippen LogP contribution in [0.3, 0.4) is 0 Å². The summed E-state index contributed by atoms with van der Waals surface area (Å²) in [4.78, 5) is 11.7. The van der Waals surface area contributed by atoms with Crippen LogP contribution in [-0.2, 0) is 0 Å². The SMILES string of the molecule is CSC1(CNC(=O)c2cn[nH]c2N)CC1. The van der Waals surface area contributed by atoms with Gasteiger partial charge >= 0.3 is 0 Å². The maximum atomic E-state index is 11.7. The highest BCUT2D eigenvalue weighted by Crippen LogP contribution is 2.46. The van der Waals surface area contributed by atoms with Crippen molar-refractivity contribution in [1.82, 2.24) is 15.5 Å². The maximum absolute atomic E-state index is 11.7. The van der Waals surface area contributed by atoms with Crippen molar-refractivity contribution >= 4 is 23.5 Å². The predicted molar refractivity (Wildman–Crippen MR) is 60.8 cm³/mol. The number of nitrogen functional groups attached to an aromatic ring is 1. The lowest BCUT2D eigenvalue weighted by Crippen LogP contribution is -2.31. The summed E-state index contributed by atoms with van der Waals surface area (Å²) in [5.74, 6) is 0.170. The van der Waals surface area contributed by atoms with Gasteiger partial charge in [-0.05, 0) is 19.1 Å². The van der Waals surface area contributed by atoms with Crippen molar-refractivity contribution in [2.24, 2.45) is 0 Å². The van der Waals surface area contributed by atoms with E-state index < -0.39 is 0 Å². The molecule has 82 valence electrons. The number of aromatic nitrogens is 2. The molecule has 1 aromatic heterocycles. The Labute approximate surface area is 92.2 Å². The third-order valence-corrected chi connectivity index (χ3v) is 4.14. The number of hydrogen-bond acceptors (Lipinski definition) is 4. The number of nitrogens with two attached hydrogens (primary N) is 1. The minimum Gasteiger partial charge on any atom is -0.383 e. The molecule has 6 heteroatoms. The van der Waals surface area contributed by atoms with Crippen LogP contribution in [0, 0.1) is 0 Å². The Morgan fingerprint density at radius 3 is 3.00 bits per heavy atom. The average molecular weight is 226 g/mol. The summed E-state index contributed by atoms with van der Waals surface area (Å²) >= 11 is 1.81. The number of anilines is 1. The smallest absolute Gasteiger partial charge is 0.256 e. The van der Waals surface area contributed by atoms with Gasteiger partial charge in [0, 0.05) is 11.3 Å². The molecule has 15 heavy (non-hydrogen) atoms. The molecule has 0 aliphatic heterocycles. The molecule has 1 aromatic rings. The largest absolute Gasteiger partial charge is 0.383 e. The van der Waals surface area contributed by atoms with E-state index in [0.717, 1.165) is 0 Å². The Kier molecular flexibility index (Phi) is 2.60. The molecule has 1 aliphatic carbocycles. The highest BCUT2D eigenvalue weighted by atomic mass is 32.2. The number of aromatic amines is 1. The summed E-state index contributed by atoms with van der Waals surface area (Å²) in [7, 11) is 0. The molecule has 1 heterocycles. The van der Waals surface area contributed by atoms with E-state index in [4.69, 9.17) is 5.73 Å². The van der Waals surface area contributed by atoms with Crippen LogP contribution in [-0.4, -0.2) is 33.7 Å². The molecule has 0 radical (unpaired) electrons. The van der Waals surface area contributed by atoms with Gasteiger partial charge < -0.3 is 11.1 Å². The topological polar surface area (TPSA) is 83.8 Å². The third kappa shape index (κ3) is 2.09. The van der Waals surface area contributed by atoms with Crippen molar-refractivity contribution in [3.8, 4) is 0 Å². The molecule has 4 N–H and O–H groups in total. The number of nitrogens with zero attached hydrogens (tertiary/aromatic N) is 1. The predicted octanol–water partition coefficient (Wildman–Crippen LogP) is 0.617. The second-order valence-corrected chi connectivity index (χ2v) is 5.04. The molecule has 1 aliphatic rings. The first-order valence-electron chi connectivity index (χ1n) is 4.79. The maximum Gasteiger partial charge on any atom is 0.256 e. The number of nitrogens with one attached hydrogen (secondary N) is 2. The molecule has 0 bridgehead atoms. The van der Waals surface area contributed by atoms with Crippen molar-refractivity contribution in [1.29, 1.82) is 0 Å². The van der Waals surface area contributed by atoms with E-state index >= 15 is 0 Å². The molecule has 1 saturated carbocycles. The first-order chi connectivity index (χ1) is 7.17. The van der Waals surface area contributed by atoms with Crippen LogP contribution in [0.1, 0.15) is 23.2 Å². The number of carbonyl (C=O) groups excluding carboxylic acids is 1. The standard InChI is InChI=1S/C9H14N4OS/c1-15-9(2-3-9)5-11-8(14)6-4-12-13-7(6)10/h4H,2-3,5H2,1H3,(H,11,14)(H3,10,12,13). The van der Waals surface area contributed by atoms with Crippen LogP contribution >= 0.6 is 11.8 Å². The molecule has 5 nitrogen and oxygen atoms in total. The lowest BCUT2D eigenvalue weighted by atomic mass is 10.3. The molecular formula is C9H14N4OS. The van der Waals surface area contributed by atoms with E-state index in [9.17, 15) is 4.79 Å². The van der Waals surface area contributed by atoms with E-state index in [1.807, 2.05) is 11.8 Å². The van der Waals surface area contributed by atoms with Crippen LogP contribution in [0.15, 0.2) is 6.20 Å². The van der Waals surface area contributed by atoms with Crippen molar-refractivity contribution in [3.05, 3.63) is 11.8 Å². The van der Waals surface area contributed by atoms with E-state index in [-0.39, 0.29) is 10.7 Å².